The Hall–Kier alpha value is -1.87. The zero-order valence-electron chi connectivity index (χ0n) is 37.6. The molecule has 0 aliphatic carbocycles. The maximum absolute atomic E-state index is 12.8. The highest BCUT2D eigenvalue weighted by atomic mass is 32.2. The van der Waals surface area contributed by atoms with E-state index in [1.54, 1.807) is 0 Å². The quantitative estimate of drug-likeness (QED) is 0.0198. The highest BCUT2D eigenvalue weighted by Crippen LogP contribution is 2.24. The van der Waals surface area contributed by atoms with Gasteiger partial charge in [-0.3, -0.25) is 14.1 Å². The number of carbonyl (C=O) groups excluding carboxylic acids is 2. The maximum Gasteiger partial charge on any atom is 0.306 e. The Morgan fingerprint density at radius 1 is 0.550 bits per heavy atom. The third-order valence-corrected chi connectivity index (χ3v) is 11.8. The number of carbonyl (C=O) groups is 2. The molecular formula is C47H86O12S. The van der Waals surface area contributed by atoms with E-state index >= 15 is 0 Å². The first-order valence-electron chi connectivity index (χ1n) is 23.9. The monoisotopic (exact) mass is 875 g/mol. The Kier molecular flexibility index (Phi) is 35.2. The number of rotatable bonds is 40. The van der Waals surface area contributed by atoms with Crippen LogP contribution in [0.2, 0.25) is 0 Å². The van der Waals surface area contributed by atoms with Crippen LogP contribution in [0.25, 0.3) is 0 Å². The van der Waals surface area contributed by atoms with Crippen molar-refractivity contribution in [3.63, 3.8) is 0 Å². The molecule has 4 N–H and O–H groups in total. The molecule has 0 amide bonds. The molecule has 1 saturated heterocycles. The molecule has 1 rings (SSSR count). The third-order valence-electron chi connectivity index (χ3n) is 11.0. The van der Waals surface area contributed by atoms with Gasteiger partial charge in [0.25, 0.3) is 10.1 Å². The van der Waals surface area contributed by atoms with Crippen molar-refractivity contribution in [1.29, 1.82) is 0 Å². The molecule has 1 heterocycles. The summed E-state index contributed by atoms with van der Waals surface area (Å²) >= 11 is 0. The number of allylic oxidation sites excluding steroid dienone is 4. The summed E-state index contributed by atoms with van der Waals surface area (Å²) in [7, 11) is -4.60. The minimum atomic E-state index is -4.60. The molecular weight excluding hydrogens is 789 g/mol. The van der Waals surface area contributed by atoms with Gasteiger partial charge in [-0.25, -0.2) is 0 Å². The minimum Gasteiger partial charge on any atom is -0.462 e. The lowest BCUT2D eigenvalue weighted by Crippen LogP contribution is -2.60. The van der Waals surface area contributed by atoms with E-state index in [4.69, 9.17) is 18.9 Å². The topological polar surface area (TPSA) is 186 Å². The van der Waals surface area contributed by atoms with Crippen molar-refractivity contribution in [2.24, 2.45) is 0 Å². The predicted octanol–water partition coefficient (Wildman–Crippen LogP) is 10.0. The summed E-state index contributed by atoms with van der Waals surface area (Å²) in [6.45, 7) is 3.74. The van der Waals surface area contributed by atoms with Gasteiger partial charge in [-0.05, 0) is 64.2 Å². The maximum atomic E-state index is 12.8. The molecule has 0 spiro atoms. The van der Waals surface area contributed by atoms with Crippen LogP contribution >= 0.6 is 0 Å². The summed E-state index contributed by atoms with van der Waals surface area (Å²) in [5.74, 6) is -2.01. The first kappa shape index (κ1) is 56.1. The summed E-state index contributed by atoms with van der Waals surface area (Å²) < 4.78 is 54.1. The van der Waals surface area contributed by atoms with Crippen molar-refractivity contribution in [3.8, 4) is 0 Å². The second-order valence-corrected chi connectivity index (χ2v) is 18.3. The highest BCUT2D eigenvalue weighted by molar-refractivity contribution is 7.85. The average Bonchev–Trinajstić information content (AvgIpc) is 3.21. The van der Waals surface area contributed by atoms with Crippen LogP contribution in [-0.2, 0) is 38.7 Å². The molecule has 1 fully saturated rings. The lowest BCUT2D eigenvalue weighted by Gasteiger charge is -2.40. The Morgan fingerprint density at radius 2 is 0.950 bits per heavy atom. The summed E-state index contributed by atoms with van der Waals surface area (Å²) in [5, 5.41) is 30.9. The van der Waals surface area contributed by atoms with Gasteiger partial charge in [-0.15, -0.1) is 0 Å². The number of esters is 2. The second kappa shape index (κ2) is 37.7. The van der Waals surface area contributed by atoms with E-state index in [1.165, 1.54) is 122 Å². The van der Waals surface area contributed by atoms with Crippen LogP contribution in [0, 0.1) is 0 Å². The van der Waals surface area contributed by atoms with E-state index in [0.717, 1.165) is 44.9 Å². The molecule has 1 aliphatic heterocycles. The van der Waals surface area contributed by atoms with Crippen LogP contribution in [0.4, 0.5) is 0 Å². The van der Waals surface area contributed by atoms with Crippen molar-refractivity contribution in [2.45, 2.75) is 243 Å². The Bertz CT molecular complexity index is 1210. The van der Waals surface area contributed by atoms with Crippen molar-refractivity contribution < 1.29 is 56.8 Å². The van der Waals surface area contributed by atoms with Gasteiger partial charge in [-0.1, -0.05) is 154 Å². The SMILES string of the molecule is CCCCCC/C=C/CCCCCCCCCCCC(=O)O[C@H](COC(=O)CCCC/C=C/CCCCCCCCCCC)CO[C@H]1O[C@H](CS(=O)(=O)O)[C@@H](O)C(O)C1O. The third kappa shape index (κ3) is 31.9. The predicted molar refractivity (Wildman–Crippen MR) is 238 cm³/mol. The van der Waals surface area contributed by atoms with E-state index in [9.17, 15) is 37.9 Å². The molecule has 6 atom stereocenters. The number of unbranched alkanes of at least 4 members (excludes halogenated alkanes) is 24. The summed E-state index contributed by atoms with van der Waals surface area (Å²) in [6.07, 6.45) is 32.2. The molecule has 2 unspecified atom stereocenters. The molecule has 60 heavy (non-hydrogen) atoms. The van der Waals surface area contributed by atoms with Crippen LogP contribution < -0.4 is 0 Å². The standard InChI is InChI=1S/C47H86O12S/c1-3-5-7-9-11-13-15-17-19-20-22-24-26-28-30-32-34-36-43(49)58-40(38-57-47-46(52)45(51)44(50)41(59-47)39-60(53,54)55)37-56-42(48)35-33-31-29-27-25-23-21-18-16-14-12-10-8-6-4-2/h13,15,25,27,40-41,44-47,50-52H,3-12,14,16-24,26,28-39H2,1-2H3,(H,53,54,55)/b15-13+,27-25+/t40-,41-,44-,45?,46?,47+/m1/s1. The Morgan fingerprint density at radius 3 is 1.43 bits per heavy atom. The zero-order chi connectivity index (χ0) is 44.1. The van der Waals surface area contributed by atoms with Gasteiger partial charge < -0.3 is 34.3 Å². The molecule has 0 aromatic rings. The molecule has 12 nitrogen and oxygen atoms in total. The molecule has 0 bridgehead atoms. The van der Waals surface area contributed by atoms with Crippen LogP contribution in [0.3, 0.4) is 0 Å². The molecule has 0 aromatic carbocycles. The number of ether oxygens (including phenoxy) is 4. The molecule has 13 heteroatoms. The zero-order valence-corrected chi connectivity index (χ0v) is 38.4. The van der Waals surface area contributed by atoms with E-state index in [-0.39, 0.29) is 19.4 Å². The lowest BCUT2D eigenvalue weighted by atomic mass is 10.00. The van der Waals surface area contributed by atoms with Crippen LogP contribution in [-0.4, -0.2) is 96.0 Å². The van der Waals surface area contributed by atoms with Crippen LogP contribution in [0.1, 0.15) is 206 Å². The van der Waals surface area contributed by atoms with E-state index in [0.29, 0.717) is 12.8 Å². The Balaban J connectivity index is 2.43. The second-order valence-electron chi connectivity index (χ2n) is 16.8. The fourth-order valence-electron chi connectivity index (χ4n) is 7.25. The molecule has 352 valence electrons. The van der Waals surface area contributed by atoms with Crippen molar-refractivity contribution in [2.75, 3.05) is 19.0 Å². The van der Waals surface area contributed by atoms with Crippen LogP contribution in [0.5, 0.6) is 0 Å². The van der Waals surface area contributed by atoms with Gasteiger partial charge in [0.2, 0.25) is 0 Å². The number of hydrogen-bond donors (Lipinski definition) is 4. The fraction of sp³-hybridized carbons (Fsp3) is 0.872. The summed E-state index contributed by atoms with van der Waals surface area (Å²) in [5.41, 5.74) is 0. The van der Waals surface area contributed by atoms with E-state index < -0.39 is 71.2 Å². The van der Waals surface area contributed by atoms with Gasteiger partial charge in [0.05, 0.1) is 6.61 Å². The average molecular weight is 875 g/mol. The van der Waals surface area contributed by atoms with E-state index in [2.05, 4.69) is 38.2 Å². The molecule has 0 aromatic heterocycles. The lowest BCUT2D eigenvalue weighted by molar-refractivity contribution is -0.297. The van der Waals surface area contributed by atoms with Gasteiger partial charge in [-0.2, -0.15) is 8.42 Å². The number of aliphatic hydroxyl groups is 3. The highest BCUT2D eigenvalue weighted by Gasteiger charge is 2.46. The summed E-state index contributed by atoms with van der Waals surface area (Å²) in [6, 6.07) is 0. The molecule has 0 saturated carbocycles. The van der Waals surface area contributed by atoms with Crippen molar-refractivity contribution in [3.05, 3.63) is 24.3 Å². The Labute approximate surface area is 364 Å². The number of aliphatic hydroxyl groups excluding tert-OH is 3. The smallest absolute Gasteiger partial charge is 0.306 e. The number of hydrogen-bond acceptors (Lipinski definition) is 11. The first-order chi connectivity index (χ1) is 29.0. The van der Waals surface area contributed by atoms with Gasteiger partial charge in [0.1, 0.15) is 36.8 Å². The van der Waals surface area contributed by atoms with Crippen molar-refractivity contribution in [1.82, 2.24) is 0 Å². The normalized spacial score (nSPS) is 20.3. The molecule has 1 aliphatic rings. The van der Waals surface area contributed by atoms with Gasteiger partial charge in [0, 0.05) is 12.8 Å². The van der Waals surface area contributed by atoms with Crippen LogP contribution in [0.15, 0.2) is 24.3 Å². The largest absolute Gasteiger partial charge is 0.462 e. The van der Waals surface area contributed by atoms with Crippen molar-refractivity contribution >= 4 is 22.1 Å². The summed E-state index contributed by atoms with van der Waals surface area (Å²) in [4.78, 5) is 25.4. The first-order valence-corrected chi connectivity index (χ1v) is 25.5. The van der Waals surface area contributed by atoms with Gasteiger partial charge >= 0.3 is 11.9 Å². The fourth-order valence-corrected chi connectivity index (χ4v) is 7.95. The van der Waals surface area contributed by atoms with E-state index in [1.807, 2.05) is 0 Å². The van der Waals surface area contributed by atoms with Gasteiger partial charge in [0.15, 0.2) is 12.4 Å². The minimum absolute atomic E-state index is 0.160. The molecule has 0 radical (unpaired) electrons.